The number of carbonyl (C=O) groups is 1. The summed E-state index contributed by atoms with van der Waals surface area (Å²) in [6.45, 7) is 6.52. The van der Waals surface area contributed by atoms with Crippen molar-refractivity contribution in [2.24, 2.45) is 0 Å². The van der Waals surface area contributed by atoms with Crippen molar-refractivity contribution in [2.75, 3.05) is 11.9 Å². The van der Waals surface area contributed by atoms with Crippen molar-refractivity contribution < 1.29 is 4.79 Å². The van der Waals surface area contributed by atoms with E-state index in [2.05, 4.69) is 17.4 Å². The van der Waals surface area contributed by atoms with E-state index in [9.17, 15) is 9.59 Å². The van der Waals surface area contributed by atoms with Gasteiger partial charge >= 0.3 is 0 Å². The molecule has 1 amide bonds. The van der Waals surface area contributed by atoms with E-state index in [0.717, 1.165) is 18.4 Å². The zero-order valence-corrected chi connectivity index (χ0v) is 20.5. The number of nitrogens with one attached hydrogen (secondary N) is 1. The van der Waals surface area contributed by atoms with Crippen LogP contribution in [0.5, 0.6) is 0 Å². The Bertz CT molecular complexity index is 1300. The fraction of sp³-hybridized carbons (Fsp3) is 0.280. The Morgan fingerprint density at radius 3 is 2.67 bits per heavy atom. The second-order valence-electron chi connectivity index (χ2n) is 8.04. The lowest BCUT2D eigenvalue weighted by atomic mass is 10.1. The lowest BCUT2D eigenvalue weighted by Crippen LogP contribution is -2.36. The molecule has 3 aromatic rings. The van der Waals surface area contributed by atoms with Gasteiger partial charge in [-0.2, -0.15) is 0 Å². The van der Waals surface area contributed by atoms with Crippen molar-refractivity contribution in [3.63, 3.8) is 0 Å². The molecule has 1 aliphatic heterocycles. The van der Waals surface area contributed by atoms with Gasteiger partial charge in [-0.3, -0.25) is 18.9 Å². The summed E-state index contributed by atoms with van der Waals surface area (Å²) < 4.78 is 2.04. The number of benzene rings is 1. The highest BCUT2D eigenvalue weighted by Gasteiger charge is 2.35. The van der Waals surface area contributed by atoms with Crippen molar-refractivity contribution in [2.45, 2.75) is 39.7 Å². The fourth-order valence-electron chi connectivity index (χ4n) is 3.72. The molecule has 0 saturated carbocycles. The average Bonchev–Trinajstić information content (AvgIpc) is 3.09. The van der Waals surface area contributed by atoms with E-state index in [-0.39, 0.29) is 17.5 Å². The van der Waals surface area contributed by atoms with Gasteiger partial charge < -0.3 is 5.32 Å². The molecule has 1 unspecified atom stereocenters. The minimum atomic E-state index is -0.222. The molecular weight excluding hydrogens is 452 g/mol. The number of thiocarbonyl (C=S) groups is 1. The number of pyridine rings is 1. The van der Waals surface area contributed by atoms with E-state index in [1.54, 1.807) is 17.2 Å². The minimum Gasteiger partial charge on any atom is -0.369 e. The van der Waals surface area contributed by atoms with Crippen molar-refractivity contribution in [3.05, 3.63) is 80.6 Å². The Morgan fingerprint density at radius 2 is 1.94 bits per heavy atom. The van der Waals surface area contributed by atoms with Gasteiger partial charge in [-0.1, -0.05) is 67.3 Å². The van der Waals surface area contributed by atoms with Crippen LogP contribution >= 0.6 is 24.0 Å². The lowest BCUT2D eigenvalue weighted by molar-refractivity contribution is -0.123. The quantitative estimate of drug-likeness (QED) is 0.394. The zero-order valence-electron chi connectivity index (χ0n) is 18.9. The number of anilines is 1. The van der Waals surface area contributed by atoms with E-state index in [4.69, 9.17) is 17.2 Å². The largest absolute Gasteiger partial charge is 0.369 e. The molecule has 3 heterocycles. The smallest absolute Gasteiger partial charge is 0.267 e. The molecule has 0 spiro atoms. The highest BCUT2D eigenvalue weighted by molar-refractivity contribution is 8.26. The summed E-state index contributed by atoms with van der Waals surface area (Å²) in [5.41, 5.74) is 2.81. The van der Waals surface area contributed by atoms with Crippen LogP contribution in [0.1, 0.15) is 37.0 Å². The van der Waals surface area contributed by atoms with Crippen molar-refractivity contribution in [1.29, 1.82) is 0 Å². The number of carbonyl (C=O) groups excluding carboxylic acids is 1. The second-order valence-corrected chi connectivity index (χ2v) is 9.71. The van der Waals surface area contributed by atoms with E-state index in [0.29, 0.717) is 32.8 Å². The Balaban J connectivity index is 1.74. The molecule has 8 heteroatoms. The molecule has 4 rings (SSSR count). The number of fused-ring (bicyclic) bond motifs is 1. The van der Waals surface area contributed by atoms with Gasteiger partial charge in [0.05, 0.1) is 10.5 Å². The van der Waals surface area contributed by atoms with Crippen LogP contribution in [0.25, 0.3) is 11.7 Å². The number of amides is 1. The maximum Gasteiger partial charge on any atom is 0.267 e. The van der Waals surface area contributed by atoms with Crippen molar-refractivity contribution >= 4 is 51.7 Å². The summed E-state index contributed by atoms with van der Waals surface area (Å²) in [5.74, 6) is 0.308. The van der Waals surface area contributed by atoms with Gasteiger partial charge in [-0.05, 0) is 50.0 Å². The molecule has 1 fully saturated rings. The van der Waals surface area contributed by atoms with Crippen LogP contribution in [0.3, 0.4) is 0 Å². The van der Waals surface area contributed by atoms with Crippen molar-refractivity contribution in [1.82, 2.24) is 14.3 Å². The molecule has 1 saturated heterocycles. The first kappa shape index (κ1) is 23.2. The molecule has 1 aliphatic rings. The number of nitrogens with zero attached hydrogens (tertiary/aromatic N) is 3. The van der Waals surface area contributed by atoms with Gasteiger partial charge in [0.2, 0.25) is 0 Å². The van der Waals surface area contributed by atoms with Gasteiger partial charge in [0.1, 0.15) is 15.8 Å². The maximum absolute atomic E-state index is 13.5. The first-order chi connectivity index (χ1) is 15.9. The molecule has 33 heavy (non-hydrogen) atoms. The summed E-state index contributed by atoms with van der Waals surface area (Å²) in [6.07, 6.45) is 4.92. The number of hydrogen-bond acceptors (Lipinski definition) is 6. The molecule has 6 nitrogen and oxygen atoms in total. The normalized spacial score (nSPS) is 16.1. The first-order valence-electron chi connectivity index (χ1n) is 11.0. The van der Waals surface area contributed by atoms with Crippen LogP contribution in [-0.4, -0.2) is 37.1 Å². The maximum atomic E-state index is 13.5. The van der Waals surface area contributed by atoms with E-state index >= 15 is 0 Å². The summed E-state index contributed by atoms with van der Waals surface area (Å²) in [5, 5.41) is 3.33. The topological polar surface area (TPSA) is 66.7 Å². The molecule has 1 atom stereocenters. The SMILES string of the molecule is CCC(C)N1C(=O)/C(=C\c2c(NCCc3ccccc3)nc3c(C)cccn3c2=O)SC1=S. The highest BCUT2D eigenvalue weighted by atomic mass is 32.2. The second kappa shape index (κ2) is 9.89. The number of thioether (sulfide) groups is 1. The van der Waals surface area contributed by atoms with E-state index < -0.39 is 0 Å². The van der Waals surface area contributed by atoms with E-state index in [1.807, 2.05) is 51.1 Å². The summed E-state index contributed by atoms with van der Waals surface area (Å²) in [4.78, 5) is 33.3. The van der Waals surface area contributed by atoms with E-state index in [1.165, 1.54) is 21.7 Å². The Kier molecular flexibility index (Phi) is 6.95. The predicted molar refractivity (Wildman–Crippen MR) is 140 cm³/mol. The molecule has 2 aromatic heterocycles. The van der Waals surface area contributed by atoms with Gasteiger partial charge in [0, 0.05) is 18.8 Å². The van der Waals surface area contributed by atoms with Gasteiger partial charge in [-0.25, -0.2) is 4.98 Å². The Hall–Kier alpha value is -2.97. The third-order valence-electron chi connectivity index (χ3n) is 5.76. The number of aromatic nitrogens is 2. The average molecular weight is 479 g/mol. The van der Waals surface area contributed by atoms with Crippen LogP contribution in [-0.2, 0) is 11.2 Å². The third kappa shape index (κ3) is 4.72. The predicted octanol–water partition coefficient (Wildman–Crippen LogP) is 4.66. The molecule has 0 bridgehead atoms. The Labute approximate surface area is 202 Å². The zero-order chi connectivity index (χ0) is 23.5. The number of aryl methyl sites for hydroxylation is 1. The van der Waals surface area contributed by atoms with Crippen LogP contribution in [0.2, 0.25) is 0 Å². The first-order valence-corrected chi connectivity index (χ1v) is 12.2. The molecule has 0 aliphatic carbocycles. The number of hydrogen-bond donors (Lipinski definition) is 1. The Morgan fingerprint density at radius 1 is 1.18 bits per heavy atom. The fourth-order valence-corrected chi connectivity index (χ4v) is 5.16. The standard InChI is InChI=1S/C25H26N4O2S2/c1-4-17(3)29-24(31)20(33-25(29)32)15-19-21(26-13-12-18-10-6-5-7-11-18)27-22-16(2)9-8-14-28(22)23(19)30/h5-11,14-15,17,26H,4,12-13H2,1-3H3/b20-15+. The highest BCUT2D eigenvalue weighted by Crippen LogP contribution is 2.34. The minimum absolute atomic E-state index is 0.00495. The van der Waals surface area contributed by atoms with Crippen LogP contribution in [0.15, 0.2) is 58.4 Å². The molecular formula is C25H26N4O2S2. The van der Waals surface area contributed by atoms with Gasteiger partial charge in [0.25, 0.3) is 11.5 Å². The van der Waals surface area contributed by atoms with Gasteiger partial charge in [0.15, 0.2) is 0 Å². The van der Waals surface area contributed by atoms with Crippen LogP contribution in [0.4, 0.5) is 5.82 Å². The lowest BCUT2D eigenvalue weighted by Gasteiger charge is -2.21. The van der Waals surface area contributed by atoms with Crippen LogP contribution < -0.4 is 10.9 Å². The summed E-state index contributed by atoms with van der Waals surface area (Å²) in [7, 11) is 0. The number of rotatable bonds is 7. The molecule has 1 N–H and O–H groups in total. The summed E-state index contributed by atoms with van der Waals surface area (Å²) in [6, 6.07) is 13.9. The molecule has 0 radical (unpaired) electrons. The van der Waals surface area contributed by atoms with Crippen molar-refractivity contribution in [3.8, 4) is 0 Å². The van der Waals surface area contributed by atoms with Crippen LogP contribution in [0, 0.1) is 6.92 Å². The monoisotopic (exact) mass is 478 g/mol. The van der Waals surface area contributed by atoms with Gasteiger partial charge in [-0.15, -0.1) is 0 Å². The summed E-state index contributed by atoms with van der Waals surface area (Å²) >= 11 is 6.68. The third-order valence-corrected chi connectivity index (χ3v) is 7.09. The molecule has 1 aromatic carbocycles. The molecule has 170 valence electrons.